The van der Waals surface area contributed by atoms with Crippen molar-refractivity contribution in [1.82, 2.24) is 24.9 Å². The number of unbranched alkanes of at least 4 members (excludes halogenated alkanes) is 1. The predicted molar refractivity (Wildman–Crippen MR) is 104 cm³/mol. The van der Waals surface area contributed by atoms with E-state index in [1.165, 1.54) is 32.1 Å². The maximum Gasteiger partial charge on any atom is 0.315 e. The van der Waals surface area contributed by atoms with Crippen molar-refractivity contribution in [3.05, 3.63) is 35.8 Å². The van der Waals surface area contributed by atoms with E-state index in [-0.39, 0.29) is 6.03 Å². The number of imidazole rings is 1. The summed E-state index contributed by atoms with van der Waals surface area (Å²) in [6.07, 6.45) is 8.15. The van der Waals surface area contributed by atoms with Crippen molar-refractivity contribution in [2.75, 3.05) is 19.6 Å². The number of piperidine rings is 1. The smallest absolute Gasteiger partial charge is 0.315 e. The Bertz CT molecular complexity index is 726. The van der Waals surface area contributed by atoms with Crippen molar-refractivity contribution in [1.29, 1.82) is 0 Å². The number of fused-ring (bicyclic) bond motifs is 1. The molecule has 1 atom stereocenters. The molecule has 1 fully saturated rings. The van der Waals surface area contributed by atoms with Crippen LogP contribution in [0, 0.1) is 6.92 Å². The highest BCUT2D eigenvalue weighted by atomic mass is 16.2. The third-order valence-corrected chi connectivity index (χ3v) is 5.22. The minimum atomic E-state index is -0.111. The van der Waals surface area contributed by atoms with Crippen molar-refractivity contribution in [3.63, 3.8) is 0 Å². The molecule has 0 aromatic carbocycles. The van der Waals surface area contributed by atoms with Gasteiger partial charge in [0.15, 0.2) is 0 Å². The van der Waals surface area contributed by atoms with Gasteiger partial charge in [-0.15, -0.1) is 0 Å². The molecule has 6 heteroatoms. The zero-order valence-electron chi connectivity index (χ0n) is 16.0. The number of pyridine rings is 1. The standard InChI is InChI=1S/C20H31N5O/c1-3-4-11-24-12-6-5-9-18(24)14-22-20(26)21-13-17-15-25-16(2)8-7-10-19(25)23-17/h7-8,10,15,18H,3-6,9,11-14H2,1-2H3,(H2,21,22,26). The number of urea groups is 1. The lowest BCUT2D eigenvalue weighted by molar-refractivity contribution is 0.144. The lowest BCUT2D eigenvalue weighted by atomic mass is 10.0. The molecule has 1 unspecified atom stereocenters. The third kappa shape index (κ3) is 4.75. The molecule has 1 aliphatic rings. The number of aryl methyl sites for hydroxylation is 1. The fraction of sp³-hybridized carbons (Fsp3) is 0.600. The van der Waals surface area contributed by atoms with Crippen LogP contribution in [-0.2, 0) is 6.54 Å². The average molecular weight is 358 g/mol. The molecule has 0 aliphatic carbocycles. The molecule has 1 aliphatic heterocycles. The SMILES string of the molecule is CCCCN1CCCCC1CNC(=O)NCc1cn2c(C)cccc2n1. The summed E-state index contributed by atoms with van der Waals surface area (Å²) in [6, 6.07) is 6.38. The van der Waals surface area contributed by atoms with E-state index >= 15 is 0 Å². The van der Waals surface area contributed by atoms with Crippen molar-refractivity contribution < 1.29 is 4.79 Å². The van der Waals surface area contributed by atoms with Crippen LogP contribution in [0.3, 0.4) is 0 Å². The Morgan fingerprint density at radius 3 is 3.00 bits per heavy atom. The zero-order chi connectivity index (χ0) is 18.4. The normalized spacial score (nSPS) is 18.2. The number of aromatic nitrogens is 2. The predicted octanol–water partition coefficient (Wildman–Crippen LogP) is 3.10. The quantitative estimate of drug-likeness (QED) is 0.800. The minimum Gasteiger partial charge on any atom is -0.337 e. The molecule has 2 aromatic rings. The first kappa shape index (κ1) is 18.7. The van der Waals surface area contributed by atoms with Crippen LogP contribution in [0.5, 0.6) is 0 Å². The van der Waals surface area contributed by atoms with Crippen LogP contribution >= 0.6 is 0 Å². The fourth-order valence-electron chi connectivity index (χ4n) is 3.67. The molecule has 2 aromatic heterocycles. The Kier molecular flexibility index (Phi) is 6.50. The number of rotatable bonds is 7. The monoisotopic (exact) mass is 357 g/mol. The molecule has 1 saturated heterocycles. The third-order valence-electron chi connectivity index (χ3n) is 5.22. The molecule has 0 radical (unpaired) electrons. The number of carbonyl (C=O) groups excluding carboxylic acids is 1. The number of carbonyl (C=O) groups is 1. The van der Waals surface area contributed by atoms with E-state index in [1.54, 1.807) is 0 Å². The van der Waals surface area contributed by atoms with Crippen LogP contribution in [0.25, 0.3) is 5.65 Å². The molecule has 0 saturated carbocycles. The Balaban J connectivity index is 1.46. The van der Waals surface area contributed by atoms with Crippen LogP contribution in [-0.4, -0.2) is 46.0 Å². The van der Waals surface area contributed by atoms with Crippen LogP contribution in [0.2, 0.25) is 0 Å². The molecule has 3 rings (SSSR count). The van der Waals surface area contributed by atoms with E-state index in [0.29, 0.717) is 12.6 Å². The van der Waals surface area contributed by atoms with E-state index in [1.807, 2.05) is 35.7 Å². The van der Waals surface area contributed by atoms with E-state index in [2.05, 4.69) is 27.4 Å². The minimum absolute atomic E-state index is 0.111. The van der Waals surface area contributed by atoms with Gasteiger partial charge in [-0.1, -0.05) is 25.8 Å². The van der Waals surface area contributed by atoms with Gasteiger partial charge < -0.3 is 15.0 Å². The molecule has 3 heterocycles. The summed E-state index contributed by atoms with van der Waals surface area (Å²) in [5.41, 5.74) is 2.92. The average Bonchev–Trinajstić information content (AvgIpc) is 3.08. The van der Waals surface area contributed by atoms with Gasteiger partial charge in [0.1, 0.15) is 5.65 Å². The highest BCUT2D eigenvalue weighted by molar-refractivity contribution is 5.73. The highest BCUT2D eigenvalue weighted by Crippen LogP contribution is 2.17. The summed E-state index contributed by atoms with van der Waals surface area (Å²) in [7, 11) is 0. The lowest BCUT2D eigenvalue weighted by Gasteiger charge is -2.35. The topological polar surface area (TPSA) is 61.7 Å². The van der Waals surface area contributed by atoms with Gasteiger partial charge in [-0.3, -0.25) is 4.90 Å². The second-order valence-electron chi connectivity index (χ2n) is 7.23. The Morgan fingerprint density at radius 2 is 2.19 bits per heavy atom. The fourth-order valence-corrected chi connectivity index (χ4v) is 3.67. The summed E-state index contributed by atoms with van der Waals surface area (Å²) in [4.78, 5) is 19.3. The number of nitrogens with zero attached hydrogens (tertiary/aromatic N) is 3. The molecule has 6 nitrogen and oxygen atoms in total. The lowest BCUT2D eigenvalue weighted by Crippen LogP contribution is -2.48. The number of hydrogen-bond donors (Lipinski definition) is 2. The molecular formula is C20H31N5O. The summed E-state index contributed by atoms with van der Waals surface area (Å²) in [6.45, 7) is 7.75. The van der Waals surface area contributed by atoms with Crippen molar-refractivity contribution in [2.45, 2.75) is 58.5 Å². The number of amides is 2. The number of nitrogens with one attached hydrogen (secondary N) is 2. The Hall–Kier alpha value is -2.08. The largest absolute Gasteiger partial charge is 0.337 e. The van der Waals surface area contributed by atoms with Crippen LogP contribution in [0.1, 0.15) is 50.4 Å². The van der Waals surface area contributed by atoms with Crippen LogP contribution < -0.4 is 10.6 Å². The van der Waals surface area contributed by atoms with Crippen molar-refractivity contribution in [3.8, 4) is 0 Å². The van der Waals surface area contributed by atoms with Gasteiger partial charge in [-0.2, -0.15) is 0 Å². The van der Waals surface area contributed by atoms with Crippen LogP contribution in [0.4, 0.5) is 4.79 Å². The maximum atomic E-state index is 12.2. The first-order valence-corrected chi connectivity index (χ1v) is 9.86. The number of likely N-dealkylation sites (tertiary alicyclic amines) is 1. The first-order valence-electron chi connectivity index (χ1n) is 9.86. The van der Waals surface area contributed by atoms with E-state index in [4.69, 9.17) is 0 Å². The Morgan fingerprint density at radius 1 is 1.31 bits per heavy atom. The summed E-state index contributed by atoms with van der Waals surface area (Å²) < 4.78 is 2.04. The van der Waals surface area contributed by atoms with E-state index in [9.17, 15) is 4.79 Å². The second-order valence-corrected chi connectivity index (χ2v) is 7.23. The Labute approximate surface area is 156 Å². The van der Waals surface area contributed by atoms with Gasteiger partial charge in [0.25, 0.3) is 0 Å². The van der Waals surface area contributed by atoms with Gasteiger partial charge in [0, 0.05) is 24.5 Å². The maximum absolute atomic E-state index is 12.2. The van der Waals surface area contributed by atoms with E-state index < -0.39 is 0 Å². The van der Waals surface area contributed by atoms with Crippen LogP contribution in [0.15, 0.2) is 24.4 Å². The summed E-state index contributed by atoms with van der Waals surface area (Å²) in [5.74, 6) is 0. The molecule has 26 heavy (non-hydrogen) atoms. The van der Waals surface area contributed by atoms with E-state index in [0.717, 1.165) is 36.7 Å². The molecule has 0 spiro atoms. The van der Waals surface area contributed by atoms with Gasteiger partial charge >= 0.3 is 6.03 Å². The summed E-state index contributed by atoms with van der Waals surface area (Å²) in [5, 5.41) is 5.98. The van der Waals surface area contributed by atoms with Gasteiger partial charge in [-0.25, -0.2) is 9.78 Å². The molecular weight excluding hydrogens is 326 g/mol. The molecule has 2 N–H and O–H groups in total. The van der Waals surface area contributed by atoms with Gasteiger partial charge in [-0.05, 0) is 51.4 Å². The first-order chi connectivity index (χ1) is 12.7. The molecule has 2 amide bonds. The van der Waals surface area contributed by atoms with Gasteiger partial charge in [0.05, 0.1) is 12.2 Å². The summed E-state index contributed by atoms with van der Waals surface area (Å²) >= 11 is 0. The number of hydrogen-bond acceptors (Lipinski definition) is 3. The van der Waals surface area contributed by atoms with Gasteiger partial charge in [0.2, 0.25) is 0 Å². The highest BCUT2D eigenvalue weighted by Gasteiger charge is 2.22. The second kappa shape index (κ2) is 9.03. The molecule has 142 valence electrons. The zero-order valence-corrected chi connectivity index (χ0v) is 16.0. The van der Waals surface area contributed by atoms with Crippen molar-refractivity contribution >= 4 is 11.7 Å². The molecule has 0 bridgehead atoms. The van der Waals surface area contributed by atoms with Crippen molar-refractivity contribution in [2.24, 2.45) is 0 Å².